The number of aromatic amines is 1. The lowest BCUT2D eigenvalue weighted by Gasteiger charge is -2.15. The number of likely N-dealkylation sites (tertiary alicyclic amines) is 1. The Bertz CT molecular complexity index is 1010. The van der Waals surface area contributed by atoms with Crippen LogP contribution in [0.2, 0.25) is 0 Å². The van der Waals surface area contributed by atoms with E-state index in [4.69, 9.17) is 4.74 Å². The molecule has 1 unspecified atom stereocenters. The second kappa shape index (κ2) is 8.74. The van der Waals surface area contributed by atoms with Crippen LogP contribution in [0.15, 0.2) is 36.5 Å². The van der Waals surface area contributed by atoms with Crippen LogP contribution < -0.4 is 4.74 Å². The van der Waals surface area contributed by atoms with Crippen molar-refractivity contribution in [2.45, 2.75) is 38.4 Å². The minimum Gasteiger partial charge on any atom is -0.493 e. The first kappa shape index (κ1) is 21.4. The van der Waals surface area contributed by atoms with E-state index in [0.29, 0.717) is 24.7 Å². The average molecular weight is 433 g/mol. The zero-order valence-electron chi connectivity index (χ0n) is 17.6. The standard InChI is InChI=1S/C22H26F3N5O/c1-15-17(12-26-29(15)2)14-30-9-7-16(13-30)21-11-19(27-28-21)8-10-31-20-5-3-18(4-6-20)22(23,24)25/h3-6,11-12,16H,7-10,13-14H2,1-2H3,(H,27,28). The number of hydrogen-bond acceptors (Lipinski definition) is 4. The van der Waals surface area contributed by atoms with Gasteiger partial charge in [0, 0.05) is 49.4 Å². The number of ether oxygens (including phenoxy) is 1. The Labute approximate surface area is 179 Å². The number of benzene rings is 1. The predicted octanol–water partition coefficient (Wildman–Crippen LogP) is 4.08. The van der Waals surface area contributed by atoms with Crippen molar-refractivity contribution in [1.82, 2.24) is 24.9 Å². The van der Waals surface area contributed by atoms with Crippen LogP contribution in [0.5, 0.6) is 5.75 Å². The summed E-state index contributed by atoms with van der Waals surface area (Å²) in [6, 6.07) is 6.82. The topological polar surface area (TPSA) is 59.0 Å². The normalized spacial score (nSPS) is 17.4. The molecule has 0 aliphatic carbocycles. The third-order valence-corrected chi connectivity index (χ3v) is 5.89. The molecule has 1 saturated heterocycles. The summed E-state index contributed by atoms with van der Waals surface area (Å²) < 4.78 is 45.3. The van der Waals surface area contributed by atoms with E-state index < -0.39 is 11.7 Å². The van der Waals surface area contributed by atoms with Crippen LogP contribution >= 0.6 is 0 Å². The van der Waals surface area contributed by atoms with Crippen molar-refractivity contribution < 1.29 is 17.9 Å². The molecule has 2 aromatic heterocycles. The maximum atomic E-state index is 12.6. The van der Waals surface area contributed by atoms with Crippen molar-refractivity contribution >= 4 is 0 Å². The number of aromatic nitrogens is 4. The number of nitrogens with one attached hydrogen (secondary N) is 1. The fourth-order valence-electron chi connectivity index (χ4n) is 3.89. The molecule has 0 spiro atoms. The Morgan fingerprint density at radius 1 is 1.23 bits per heavy atom. The van der Waals surface area contributed by atoms with Gasteiger partial charge in [0.2, 0.25) is 0 Å². The minimum absolute atomic E-state index is 0.365. The number of alkyl halides is 3. The van der Waals surface area contributed by atoms with E-state index in [1.54, 1.807) is 0 Å². The molecular weight excluding hydrogens is 407 g/mol. The summed E-state index contributed by atoms with van der Waals surface area (Å²) in [4.78, 5) is 2.43. The first-order chi connectivity index (χ1) is 14.8. The lowest BCUT2D eigenvalue weighted by molar-refractivity contribution is -0.137. The Balaban J connectivity index is 1.25. The molecule has 3 aromatic rings. The van der Waals surface area contributed by atoms with Crippen molar-refractivity contribution in [3.05, 3.63) is 64.7 Å². The third kappa shape index (κ3) is 5.10. The molecule has 1 aromatic carbocycles. The fraction of sp³-hybridized carbons (Fsp3) is 0.455. The van der Waals surface area contributed by atoms with Gasteiger partial charge in [0.25, 0.3) is 0 Å². The quantitative estimate of drug-likeness (QED) is 0.610. The molecule has 0 bridgehead atoms. The summed E-state index contributed by atoms with van der Waals surface area (Å²) in [5.74, 6) is 0.808. The summed E-state index contributed by atoms with van der Waals surface area (Å²) >= 11 is 0. The SMILES string of the molecule is Cc1c(CN2CCC(c3cc(CCOc4ccc(C(F)(F)F)cc4)[nH]n3)C2)cnn1C. The molecule has 0 radical (unpaired) electrons. The van der Waals surface area contributed by atoms with Gasteiger partial charge in [-0.25, -0.2) is 0 Å². The predicted molar refractivity (Wildman–Crippen MR) is 110 cm³/mol. The van der Waals surface area contributed by atoms with Crippen molar-refractivity contribution in [3.63, 3.8) is 0 Å². The molecule has 1 N–H and O–H groups in total. The second-order valence-electron chi connectivity index (χ2n) is 8.04. The van der Waals surface area contributed by atoms with E-state index >= 15 is 0 Å². The van der Waals surface area contributed by atoms with Gasteiger partial charge >= 0.3 is 6.18 Å². The van der Waals surface area contributed by atoms with E-state index in [-0.39, 0.29) is 0 Å². The molecule has 1 aliphatic rings. The second-order valence-corrected chi connectivity index (χ2v) is 8.04. The zero-order valence-corrected chi connectivity index (χ0v) is 17.6. The van der Waals surface area contributed by atoms with Gasteiger partial charge in [-0.3, -0.25) is 14.7 Å². The highest BCUT2D eigenvalue weighted by Crippen LogP contribution is 2.30. The third-order valence-electron chi connectivity index (χ3n) is 5.89. The molecule has 166 valence electrons. The van der Waals surface area contributed by atoms with Crippen LogP contribution in [0.3, 0.4) is 0 Å². The van der Waals surface area contributed by atoms with Crippen molar-refractivity contribution in [1.29, 1.82) is 0 Å². The van der Waals surface area contributed by atoms with Gasteiger partial charge < -0.3 is 4.74 Å². The van der Waals surface area contributed by atoms with Gasteiger partial charge in [-0.05, 0) is 50.2 Å². The fourth-order valence-corrected chi connectivity index (χ4v) is 3.89. The van der Waals surface area contributed by atoms with Gasteiger partial charge in [-0.1, -0.05) is 0 Å². The lowest BCUT2D eigenvalue weighted by atomic mass is 10.0. The van der Waals surface area contributed by atoms with E-state index in [9.17, 15) is 13.2 Å². The van der Waals surface area contributed by atoms with Gasteiger partial charge in [-0.2, -0.15) is 23.4 Å². The summed E-state index contributed by atoms with van der Waals surface area (Å²) in [7, 11) is 1.96. The zero-order chi connectivity index (χ0) is 22.0. The number of nitrogens with zero attached hydrogens (tertiary/aromatic N) is 4. The smallest absolute Gasteiger partial charge is 0.416 e. The van der Waals surface area contributed by atoms with E-state index in [2.05, 4.69) is 33.2 Å². The average Bonchev–Trinajstić information content (AvgIpc) is 3.45. The van der Waals surface area contributed by atoms with Crippen LogP contribution in [-0.4, -0.2) is 44.6 Å². The van der Waals surface area contributed by atoms with Crippen LogP contribution in [0.1, 0.15) is 40.5 Å². The Morgan fingerprint density at radius 2 is 2.00 bits per heavy atom. The highest BCUT2D eigenvalue weighted by atomic mass is 19.4. The van der Waals surface area contributed by atoms with Crippen LogP contribution in [0, 0.1) is 6.92 Å². The highest BCUT2D eigenvalue weighted by Gasteiger charge is 2.30. The van der Waals surface area contributed by atoms with Crippen LogP contribution in [0.25, 0.3) is 0 Å². The molecule has 4 rings (SSSR count). The Kier molecular flexibility index (Phi) is 6.04. The number of H-pyrrole nitrogens is 1. The Hall–Kier alpha value is -2.81. The van der Waals surface area contributed by atoms with Gasteiger partial charge in [-0.15, -0.1) is 0 Å². The maximum Gasteiger partial charge on any atom is 0.416 e. The first-order valence-corrected chi connectivity index (χ1v) is 10.3. The summed E-state index contributed by atoms with van der Waals surface area (Å²) in [6.45, 7) is 5.33. The summed E-state index contributed by atoms with van der Waals surface area (Å²) in [5, 5.41) is 11.9. The van der Waals surface area contributed by atoms with Crippen LogP contribution in [-0.2, 0) is 26.2 Å². The molecule has 1 atom stereocenters. The minimum atomic E-state index is -4.34. The van der Waals surface area contributed by atoms with E-state index in [1.807, 2.05) is 17.9 Å². The number of rotatable bonds is 7. The van der Waals surface area contributed by atoms with Gasteiger partial charge in [0.15, 0.2) is 0 Å². The molecule has 6 nitrogen and oxygen atoms in total. The molecular formula is C22H26F3N5O. The van der Waals surface area contributed by atoms with Crippen LogP contribution in [0.4, 0.5) is 13.2 Å². The van der Waals surface area contributed by atoms with Crippen molar-refractivity contribution in [2.75, 3.05) is 19.7 Å². The van der Waals surface area contributed by atoms with E-state index in [1.165, 1.54) is 23.4 Å². The van der Waals surface area contributed by atoms with E-state index in [0.717, 1.165) is 49.6 Å². The van der Waals surface area contributed by atoms with Crippen molar-refractivity contribution in [2.24, 2.45) is 7.05 Å². The molecule has 0 amide bonds. The molecule has 1 aliphatic heterocycles. The van der Waals surface area contributed by atoms with Gasteiger partial charge in [0.1, 0.15) is 5.75 Å². The Morgan fingerprint density at radius 3 is 2.68 bits per heavy atom. The largest absolute Gasteiger partial charge is 0.493 e. The highest BCUT2D eigenvalue weighted by molar-refractivity contribution is 5.29. The molecule has 31 heavy (non-hydrogen) atoms. The molecule has 3 heterocycles. The maximum absolute atomic E-state index is 12.6. The molecule has 9 heteroatoms. The number of hydrogen-bond donors (Lipinski definition) is 1. The number of aryl methyl sites for hydroxylation is 1. The monoisotopic (exact) mass is 433 g/mol. The van der Waals surface area contributed by atoms with Gasteiger partial charge in [0.05, 0.1) is 24.1 Å². The molecule has 0 saturated carbocycles. The number of halogens is 3. The summed E-state index contributed by atoms with van der Waals surface area (Å²) in [5.41, 5.74) is 3.78. The molecule has 1 fully saturated rings. The summed E-state index contributed by atoms with van der Waals surface area (Å²) in [6.07, 6.45) is -0.728. The lowest BCUT2D eigenvalue weighted by Crippen LogP contribution is -2.20. The first-order valence-electron chi connectivity index (χ1n) is 10.3. The van der Waals surface area contributed by atoms with Crippen molar-refractivity contribution in [3.8, 4) is 5.75 Å².